The Morgan fingerprint density at radius 3 is 2.31 bits per heavy atom. The Balaban J connectivity index is 2.39. The van der Waals surface area contributed by atoms with Crippen molar-refractivity contribution in [2.75, 3.05) is 32.7 Å². The maximum absolute atomic E-state index is 11.8. The highest BCUT2D eigenvalue weighted by atomic mass is 32.2. The fourth-order valence-corrected chi connectivity index (χ4v) is 2.50. The Morgan fingerprint density at radius 2 is 1.81 bits per heavy atom. The van der Waals surface area contributed by atoms with Gasteiger partial charge in [-0.15, -0.1) is 0 Å². The molecule has 1 rings (SSSR count). The van der Waals surface area contributed by atoms with E-state index in [1.165, 1.54) is 0 Å². The summed E-state index contributed by atoms with van der Waals surface area (Å²) in [4.78, 5) is 0. The molecule has 0 aliphatic carbocycles. The first-order chi connectivity index (χ1) is 7.31. The zero-order valence-electron chi connectivity index (χ0n) is 8.55. The van der Waals surface area contributed by atoms with E-state index in [1.54, 1.807) is 0 Å². The summed E-state index contributed by atoms with van der Waals surface area (Å²) in [5.74, 6) is 0. The van der Waals surface area contributed by atoms with Crippen LogP contribution < -0.4 is 10.0 Å². The second kappa shape index (κ2) is 5.30. The van der Waals surface area contributed by atoms with Crippen molar-refractivity contribution in [3.8, 4) is 0 Å². The third-order valence-electron chi connectivity index (χ3n) is 2.11. The van der Waals surface area contributed by atoms with Crippen LogP contribution in [0.2, 0.25) is 0 Å². The standard InChI is InChI=1S/C7H14F3N3O2S/c8-7(9,10)1-2-12-16(14,15)13-5-3-11-4-6-13/h11-12H,1-6H2. The predicted molar refractivity (Wildman–Crippen MR) is 52.0 cm³/mol. The summed E-state index contributed by atoms with van der Waals surface area (Å²) >= 11 is 0. The summed E-state index contributed by atoms with van der Waals surface area (Å²) in [6.45, 7) is 0.971. The van der Waals surface area contributed by atoms with E-state index in [0.29, 0.717) is 13.1 Å². The Labute approximate surface area is 92.2 Å². The molecule has 0 amide bonds. The zero-order valence-corrected chi connectivity index (χ0v) is 9.36. The minimum Gasteiger partial charge on any atom is -0.314 e. The smallest absolute Gasteiger partial charge is 0.314 e. The van der Waals surface area contributed by atoms with Crippen molar-refractivity contribution in [1.82, 2.24) is 14.3 Å². The lowest BCUT2D eigenvalue weighted by Gasteiger charge is -2.26. The molecule has 16 heavy (non-hydrogen) atoms. The lowest BCUT2D eigenvalue weighted by atomic mass is 10.4. The first kappa shape index (κ1) is 13.7. The van der Waals surface area contributed by atoms with Gasteiger partial charge in [0.1, 0.15) is 0 Å². The second-order valence-electron chi connectivity index (χ2n) is 3.41. The molecule has 1 heterocycles. The van der Waals surface area contributed by atoms with Crippen molar-refractivity contribution in [2.24, 2.45) is 0 Å². The molecule has 0 saturated carbocycles. The average molecular weight is 261 g/mol. The van der Waals surface area contributed by atoms with E-state index < -0.39 is 29.4 Å². The summed E-state index contributed by atoms with van der Waals surface area (Å²) in [5, 5.41) is 2.95. The molecule has 0 radical (unpaired) electrons. The van der Waals surface area contributed by atoms with Crippen LogP contribution in [0.1, 0.15) is 6.42 Å². The van der Waals surface area contributed by atoms with Gasteiger partial charge < -0.3 is 5.32 Å². The Hall–Kier alpha value is -0.380. The normalized spacial score (nSPS) is 19.9. The third kappa shape index (κ3) is 4.64. The van der Waals surface area contributed by atoms with Crippen LogP contribution in [0, 0.1) is 0 Å². The zero-order chi connectivity index (χ0) is 12.2. The molecule has 0 unspecified atom stereocenters. The average Bonchev–Trinajstić information content (AvgIpc) is 2.17. The Bertz CT molecular complexity index is 311. The van der Waals surface area contributed by atoms with Gasteiger partial charge >= 0.3 is 6.18 Å². The number of hydrogen-bond acceptors (Lipinski definition) is 3. The van der Waals surface area contributed by atoms with Gasteiger partial charge in [-0.25, -0.2) is 4.72 Å². The Morgan fingerprint density at radius 1 is 1.25 bits per heavy atom. The van der Waals surface area contributed by atoms with Gasteiger partial charge in [-0.3, -0.25) is 0 Å². The predicted octanol–water partition coefficient (Wildman–Crippen LogP) is -0.322. The highest BCUT2D eigenvalue weighted by Gasteiger charge is 2.29. The van der Waals surface area contributed by atoms with Gasteiger partial charge in [-0.2, -0.15) is 25.9 Å². The van der Waals surface area contributed by atoms with Gasteiger partial charge in [0.05, 0.1) is 6.42 Å². The first-order valence-corrected chi connectivity index (χ1v) is 6.27. The van der Waals surface area contributed by atoms with Crippen LogP contribution in [0.25, 0.3) is 0 Å². The monoisotopic (exact) mass is 261 g/mol. The summed E-state index contributed by atoms with van der Waals surface area (Å²) in [5.41, 5.74) is 0. The molecule has 9 heteroatoms. The van der Waals surface area contributed by atoms with Crippen molar-refractivity contribution >= 4 is 10.2 Å². The molecule has 0 aromatic carbocycles. The number of hydrogen-bond donors (Lipinski definition) is 2. The maximum Gasteiger partial charge on any atom is 0.390 e. The number of halogens is 3. The minimum absolute atomic E-state index is 0.279. The molecule has 0 atom stereocenters. The largest absolute Gasteiger partial charge is 0.390 e. The van der Waals surface area contributed by atoms with Gasteiger partial charge in [-0.1, -0.05) is 0 Å². The lowest BCUT2D eigenvalue weighted by molar-refractivity contribution is -0.132. The van der Waals surface area contributed by atoms with E-state index in [9.17, 15) is 21.6 Å². The van der Waals surface area contributed by atoms with E-state index in [0.717, 1.165) is 4.31 Å². The van der Waals surface area contributed by atoms with Crippen LogP contribution in [0.4, 0.5) is 13.2 Å². The minimum atomic E-state index is -4.34. The fourth-order valence-electron chi connectivity index (χ4n) is 1.30. The molecule has 2 N–H and O–H groups in total. The summed E-state index contributed by atoms with van der Waals surface area (Å²) in [7, 11) is -3.76. The van der Waals surface area contributed by atoms with Crippen molar-refractivity contribution in [1.29, 1.82) is 0 Å². The van der Waals surface area contributed by atoms with E-state index in [2.05, 4.69) is 5.32 Å². The van der Waals surface area contributed by atoms with E-state index in [-0.39, 0.29) is 13.1 Å². The fraction of sp³-hybridized carbons (Fsp3) is 1.00. The molecule has 5 nitrogen and oxygen atoms in total. The lowest BCUT2D eigenvalue weighted by Crippen LogP contribution is -2.50. The molecule has 0 aromatic rings. The molecule has 1 aliphatic heterocycles. The van der Waals surface area contributed by atoms with Gasteiger partial charge in [0.2, 0.25) is 0 Å². The third-order valence-corrected chi connectivity index (χ3v) is 3.72. The van der Waals surface area contributed by atoms with Crippen LogP contribution in [-0.4, -0.2) is 51.6 Å². The van der Waals surface area contributed by atoms with Crippen molar-refractivity contribution in [3.05, 3.63) is 0 Å². The van der Waals surface area contributed by atoms with Crippen LogP contribution >= 0.6 is 0 Å². The number of nitrogens with zero attached hydrogens (tertiary/aromatic N) is 1. The van der Waals surface area contributed by atoms with Crippen molar-refractivity contribution in [2.45, 2.75) is 12.6 Å². The molecule has 0 bridgehead atoms. The number of piperazine rings is 1. The van der Waals surface area contributed by atoms with Crippen LogP contribution in [0.5, 0.6) is 0 Å². The Kier molecular flexibility index (Phi) is 4.53. The molecule has 1 saturated heterocycles. The molecule has 1 aliphatic rings. The quantitative estimate of drug-likeness (QED) is 0.729. The molecule has 0 aromatic heterocycles. The first-order valence-electron chi connectivity index (χ1n) is 4.83. The molecular weight excluding hydrogens is 247 g/mol. The number of nitrogens with one attached hydrogen (secondary N) is 2. The van der Waals surface area contributed by atoms with Gasteiger partial charge in [0, 0.05) is 32.7 Å². The van der Waals surface area contributed by atoms with Gasteiger partial charge in [0.25, 0.3) is 10.2 Å². The second-order valence-corrected chi connectivity index (χ2v) is 5.17. The highest BCUT2D eigenvalue weighted by Crippen LogP contribution is 2.18. The van der Waals surface area contributed by atoms with Crippen molar-refractivity contribution in [3.63, 3.8) is 0 Å². The van der Waals surface area contributed by atoms with E-state index in [4.69, 9.17) is 0 Å². The molecule has 96 valence electrons. The van der Waals surface area contributed by atoms with Crippen LogP contribution in [0.15, 0.2) is 0 Å². The molecule has 0 spiro atoms. The SMILES string of the molecule is O=S(=O)(NCCC(F)(F)F)N1CCNCC1. The number of alkyl halides is 3. The molecular formula is C7H14F3N3O2S. The summed E-state index contributed by atoms with van der Waals surface area (Å²) in [6.07, 6.45) is -5.50. The number of rotatable bonds is 4. The molecule has 1 fully saturated rings. The topological polar surface area (TPSA) is 61.4 Å². The summed E-state index contributed by atoms with van der Waals surface area (Å²) < 4.78 is 61.5. The maximum atomic E-state index is 11.8. The van der Waals surface area contributed by atoms with Crippen molar-refractivity contribution < 1.29 is 21.6 Å². The summed E-state index contributed by atoms with van der Waals surface area (Å²) in [6, 6.07) is 0. The van der Waals surface area contributed by atoms with Gasteiger partial charge in [-0.05, 0) is 0 Å². The van der Waals surface area contributed by atoms with Crippen LogP contribution in [0.3, 0.4) is 0 Å². The van der Waals surface area contributed by atoms with E-state index >= 15 is 0 Å². The van der Waals surface area contributed by atoms with Crippen LogP contribution in [-0.2, 0) is 10.2 Å². The van der Waals surface area contributed by atoms with Gasteiger partial charge in [0.15, 0.2) is 0 Å². The van der Waals surface area contributed by atoms with E-state index in [1.807, 2.05) is 4.72 Å². The highest BCUT2D eigenvalue weighted by molar-refractivity contribution is 7.87.